The van der Waals surface area contributed by atoms with E-state index >= 15 is 0 Å². The molecule has 0 unspecified atom stereocenters. The first-order valence-electron chi connectivity index (χ1n) is 5.95. The third kappa shape index (κ3) is 3.81. The van der Waals surface area contributed by atoms with E-state index in [1.54, 1.807) is 4.90 Å². The van der Waals surface area contributed by atoms with E-state index in [-0.39, 0.29) is 25.1 Å². The van der Waals surface area contributed by atoms with E-state index in [1.165, 1.54) is 17.3 Å². The monoisotopic (exact) mass is 240 g/mol. The van der Waals surface area contributed by atoms with Gasteiger partial charge < -0.3 is 10.0 Å². The van der Waals surface area contributed by atoms with Crippen LogP contribution in [0.1, 0.15) is 26.7 Å². The number of aliphatic hydroxyl groups is 1. The molecule has 6 heteroatoms. The van der Waals surface area contributed by atoms with Gasteiger partial charge in [0, 0.05) is 12.6 Å². The summed E-state index contributed by atoms with van der Waals surface area (Å²) in [5.41, 5.74) is 0. The molecule has 0 aromatic carbocycles. The molecule has 1 aromatic heterocycles. The number of nitrogens with zero attached hydrogens (tertiary/aromatic N) is 4. The maximum absolute atomic E-state index is 12.1. The second kappa shape index (κ2) is 7.01. The van der Waals surface area contributed by atoms with Crippen LogP contribution in [0.15, 0.2) is 12.7 Å². The lowest BCUT2D eigenvalue weighted by molar-refractivity contribution is -0.135. The molecule has 1 amide bonds. The molecule has 0 aliphatic rings. The minimum Gasteiger partial charge on any atom is -0.395 e. The van der Waals surface area contributed by atoms with Crippen molar-refractivity contribution >= 4 is 5.91 Å². The van der Waals surface area contributed by atoms with Crippen molar-refractivity contribution in [3.05, 3.63) is 12.7 Å². The zero-order valence-corrected chi connectivity index (χ0v) is 10.4. The van der Waals surface area contributed by atoms with E-state index in [9.17, 15) is 4.79 Å². The van der Waals surface area contributed by atoms with Gasteiger partial charge in [-0.15, -0.1) is 0 Å². The second-order valence-corrected chi connectivity index (χ2v) is 3.87. The van der Waals surface area contributed by atoms with Gasteiger partial charge in [-0.05, 0) is 12.8 Å². The Bertz CT molecular complexity index is 322. The van der Waals surface area contributed by atoms with E-state index in [0.717, 1.165) is 12.8 Å². The molecule has 0 aliphatic heterocycles. The summed E-state index contributed by atoms with van der Waals surface area (Å²) in [6.07, 6.45) is 4.70. The lowest BCUT2D eigenvalue weighted by Crippen LogP contribution is -2.43. The third-order valence-electron chi connectivity index (χ3n) is 2.81. The molecule has 0 aliphatic carbocycles. The molecule has 17 heavy (non-hydrogen) atoms. The first-order chi connectivity index (χ1) is 8.22. The number of carbonyl (C=O) groups excluding carboxylic acids is 1. The highest BCUT2D eigenvalue weighted by molar-refractivity contribution is 5.76. The molecule has 6 nitrogen and oxygen atoms in total. The Kier molecular flexibility index (Phi) is 5.62. The maximum Gasteiger partial charge on any atom is 0.244 e. The maximum atomic E-state index is 12.1. The number of hydrogen-bond acceptors (Lipinski definition) is 4. The predicted octanol–water partition coefficient (Wildman–Crippen LogP) is 0.288. The standard InChI is InChI=1S/C11H20N4O2/c1-3-10(4-2)15(5-6-16)11(17)7-14-9-12-8-13-14/h8-10,16H,3-7H2,1-2H3. The van der Waals surface area contributed by atoms with Gasteiger partial charge in [0.15, 0.2) is 0 Å². The molecular weight excluding hydrogens is 220 g/mol. The zero-order valence-electron chi connectivity index (χ0n) is 10.4. The van der Waals surface area contributed by atoms with Crippen molar-refractivity contribution in [2.75, 3.05) is 13.2 Å². The predicted molar refractivity (Wildman–Crippen MR) is 63.2 cm³/mol. The van der Waals surface area contributed by atoms with Crippen LogP contribution in [0.4, 0.5) is 0 Å². The Balaban J connectivity index is 2.65. The van der Waals surface area contributed by atoms with Crippen LogP contribution in [0, 0.1) is 0 Å². The fourth-order valence-corrected chi connectivity index (χ4v) is 1.89. The Morgan fingerprint density at radius 1 is 1.47 bits per heavy atom. The lowest BCUT2D eigenvalue weighted by atomic mass is 10.1. The summed E-state index contributed by atoms with van der Waals surface area (Å²) in [6.45, 7) is 4.62. The Hall–Kier alpha value is -1.43. The van der Waals surface area contributed by atoms with Gasteiger partial charge in [-0.25, -0.2) is 9.67 Å². The Morgan fingerprint density at radius 2 is 2.18 bits per heavy atom. The average Bonchev–Trinajstić information content (AvgIpc) is 2.82. The number of aromatic nitrogens is 3. The van der Waals surface area contributed by atoms with Crippen LogP contribution in [0.2, 0.25) is 0 Å². The highest BCUT2D eigenvalue weighted by Crippen LogP contribution is 2.09. The van der Waals surface area contributed by atoms with E-state index in [4.69, 9.17) is 5.11 Å². The summed E-state index contributed by atoms with van der Waals surface area (Å²) in [4.78, 5) is 17.6. The summed E-state index contributed by atoms with van der Waals surface area (Å²) in [5, 5.41) is 12.9. The van der Waals surface area contributed by atoms with Crippen molar-refractivity contribution in [1.29, 1.82) is 0 Å². The summed E-state index contributed by atoms with van der Waals surface area (Å²) in [7, 11) is 0. The van der Waals surface area contributed by atoms with E-state index < -0.39 is 0 Å². The number of amides is 1. The summed E-state index contributed by atoms with van der Waals surface area (Å²) < 4.78 is 1.50. The van der Waals surface area contributed by atoms with E-state index in [1.807, 2.05) is 13.8 Å². The van der Waals surface area contributed by atoms with Gasteiger partial charge in [0.1, 0.15) is 19.2 Å². The SMILES string of the molecule is CCC(CC)N(CCO)C(=O)Cn1cncn1. The van der Waals surface area contributed by atoms with Crippen LogP contribution in [0.25, 0.3) is 0 Å². The fraction of sp³-hybridized carbons (Fsp3) is 0.727. The van der Waals surface area contributed by atoms with Crippen LogP contribution < -0.4 is 0 Å². The van der Waals surface area contributed by atoms with Gasteiger partial charge in [0.25, 0.3) is 0 Å². The minimum absolute atomic E-state index is 0.0143. The van der Waals surface area contributed by atoms with Gasteiger partial charge in [0.2, 0.25) is 5.91 Å². The van der Waals surface area contributed by atoms with Crippen molar-refractivity contribution in [3.63, 3.8) is 0 Å². The van der Waals surface area contributed by atoms with Gasteiger partial charge in [0.05, 0.1) is 6.61 Å². The molecule has 0 bridgehead atoms. The first kappa shape index (κ1) is 13.6. The van der Waals surface area contributed by atoms with Crippen molar-refractivity contribution < 1.29 is 9.90 Å². The molecule has 0 atom stereocenters. The summed E-state index contributed by atoms with van der Waals surface area (Å²) in [6, 6.07) is 0.179. The smallest absolute Gasteiger partial charge is 0.244 e. The quantitative estimate of drug-likeness (QED) is 0.743. The molecule has 1 aromatic rings. The normalized spacial score (nSPS) is 10.8. The van der Waals surface area contributed by atoms with Crippen LogP contribution in [0.5, 0.6) is 0 Å². The first-order valence-corrected chi connectivity index (χ1v) is 5.95. The molecule has 0 saturated carbocycles. The van der Waals surface area contributed by atoms with Gasteiger partial charge in [-0.1, -0.05) is 13.8 Å². The van der Waals surface area contributed by atoms with Crippen molar-refractivity contribution in [2.45, 2.75) is 39.3 Å². The van der Waals surface area contributed by atoms with Crippen LogP contribution >= 0.6 is 0 Å². The molecule has 1 N–H and O–H groups in total. The zero-order chi connectivity index (χ0) is 12.7. The molecule has 0 radical (unpaired) electrons. The van der Waals surface area contributed by atoms with Gasteiger partial charge in [-0.3, -0.25) is 4.79 Å². The Labute approximate surface area is 101 Å². The van der Waals surface area contributed by atoms with Crippen LogP contribution in [0.3, 0.4) is 0 Å². The van der Waals surface area contributed by atoms with Crippen molar-refractivity contribution in [1.82, 2.24) is 19.7 Å². The molecule has 96 valence electrons. The lowest BCUT2D eigenvalue weighted by Gasteiger charge is -2.29. The summed E-state index contributed by atoms with van der Waals surface area (Å²) in [5.74, 6) is -0.0294. The van der Waals surface area contributed by atoms with Crippen molar-refractivity contribution in [3.8, 4) is 0 Å². The third-order valence-corrected chi connectivity index (χ3v) is 2.81. The second-order valence-electron chi connectivity index (χ2n) is 3.87. The van der Waals surface area contributed by atoms with Gasteiger partial charge in [-0.2, -0.15) is 5.10 Å². The number of hydrogen-bond donors (Lipinski definition) is 1. The number of carbonyl (C=O) groups is 1. The number of rotatable bonds is 7. The minimum atomic E-state index is -0.0294. The highest BCUT2D eigenvalue weighted by Gasteiger charge is 2.20. The largest absolute Gasteiger partial charge is 0.395 e. The molecule has 0 spiro atoms. The molecule has 1 heterocycles. The van der Waals surface area contributed by atoms with Gasteiger partial charge >= 0.3 is 0 Å². The van der Waals surface area contributed by atoms with Crippen molar-refractivity contribution in [2.24, 2.45) is 0 Å². The fourth-order valence-electron chi connectivity index (χ4n) is 1.89. The van der Waals surface area contributed by atoms with Crippen LogP contribution in [-0.4, -0.2) is 49.9 Å². The number of aliphatic hydroxyl groups excluding tert-OH is 1. The van der Waals surface area contributed by atoms with E-state index in [2.05, 4.69) is 10.1 Å². The molecule has 0 saturated heterocycles. The van der Waals surface area contributed by atoms with Crippen LogP contribution in [-0.2, 0) is 11.3 Å². The molecule has 1 rings (SSSR count). The average molecular weight is 240 g/mol. The van der Waals surface area contributed by atoms with E-state index in [0.29, 0.717) is 6.54 Å². The molecular formula is C11H20N4O2. The summed E-state index contributed by atoms with van der Waals surface area (Å²) >= 11 is 0. The Morgan fingerprint density at radius 3 is 2.65 bits per heavy atom. The topological polar surface area (TPSA) is 71.2 Å². The highest BCUT2D eigenvalue weighted by atomic mass is 16.3. The molecule has 0 fully saturated rings.